The highest BCUT2D eigenvalue weighted by Gasteiger charge is 2.27. The molecule has 3 N–H and O–H groups in total. The van der Waals surface area contributed by atoms with Gasteiger partial charge in [-0.25, -0.2) is 9.59 Å². The number of carbonyl (C=O) groups is 2. The predicted molar refractivity (Wildman–Crippen MR) is 125 cm³/mol. The summed E-state index contributed by atoms with van der Waals surface area (Å²) in [6.07, 6.45) is 3.10. The first-order valence-electron chi connectivity index (χ1n) is 10.9. The van der Waals surface area contributed by atoms with Crippen LogP contribution in [0.15, 0.2) is 30.5 Å². The van der Waals surface area contributed by atoms with Crippen LogP contribution in [0.5, 0.6) is 0 Å². The van der Waals surface area contributed by atoms with Crippen molar-refractivity contribution in [1.82, 2.24) is 9.47 Å². The minimum atomic E-state index is -0.603. The van der Waals surface area contributed by atoms with E-state index in [-0.39, 0.29) is 23.0 Å². The van der Waals surface area contributed by atoms with Gasteiger partial charge in [0.1, 0.15) is 11.7 Å². The van der Waals surface area contributed by atoms with Gasteiger partial charge in [-0.05, 0) is 63.8 Å². The van der Waals surface area contributed by atoms with Crippen molar-refractivity contribution in [3.05, 3.63) is 41.7 Å². The molecule has 9 nitrogen and oxygen atoms in total. The van der Waals surface area contributed by atoms with Crippen molar-refractivity contribution < 1.29 is 19.1 Å². The summed E-state index contributed by atoms with van der Waals surface area (Å²) in [6.45, 7) is 7.79. The summed E-state index contributed by atoms with van der Waals surface area (Å²) in [7, 11) is 1.27. The number of carbonyl (C=O) groups excluding carboxylic acids is 2. The van der Waals surface area contributed by atoms with Crippen molar-refractivity contribution in [3.63, 3.8) is 0 Å². The molecule has 1 aliphatic heterocycles. The van der Waals surface area contributed by atoms with E-state index >= 15 is 0 Å². The number of anilines is 2. The summed E-state index contributed by atoms with van der Waals surface area (Å²) >= 11 is 0. The van der Waals surface area contributed by atoms with E-state index in [2.05, 4.69) is 5.32 Å². The van der Waals surface area contributed by atoms with Gasteiger partial charge in [0.2, 0.25) is 0 Å². The lowest BCUT2D eigenvalue weighted by atomic mass is 9.97. The summed E-state index contributed by atoms with van der Waals surface area (Å²) in [5.74, 6) is -0.148. The van der Waals surface area contributed by atoms with Crippen LogP contribution in [-0.4, -0.2) is 53.9 Å². The number of piperidine rings is 1. The molecule has 1 saturated heterocycles. The molecule has 1 aromatic heterocycles. The normalized spacial score (nSPS) is 14.5. The summed E-state index contributed by atoms with van der Waals surface area (Å²) in [5, 5.41) is 12.7. The molecule has 0 bridgehead atoms. The van der Waals surface area contributed by atoms with Gasteiger partial charge in [-0.15, -0.1) is 0 Å². The molecular weight excluding hydrogens is 422 g/mol. The van der Waals surface area contributed by atoms with Gasteiger partial charge in [0.05, 0.1) is 18.4 Å². The second-order valence-corrected chi connectivity index (χ2v) is 9.12. The van der Waals surface area contributed by atoms with Crippen molar-refractivity contribution in [2.45, 2.75) is 39.2 Å². The van der Waals surface area contributed by atoms with E-state index in [4.69, 9.17) is 15.2 Å². The van der Waals surface area contributed by atoms with Crippen LogP contribution in [0.2, 0.25) is 0 Å². The zero-order chi connectivity index (χ0) is 24.2. The van der Waals surface area contributed by atoms with Gasteiger partial charge in [-0.1, -0.05) is 0 Å². The van der Waals surface area contributed by atoms with E-state index in [9.17, 15) is 14.9 Å². The van der Waals surface area contributed by atoms with Gasteiger partial charge < -0.3 is 30.0 Å². The highest BCUT2D eigenvalue weighted by molar-refractivity contribution is 5.96. The number of methoxy groups -OCH3 is 1. The standard InChI is InChI=1S/C24H31N5O4/c1-24(2,3)33-23(31)28-11-9-16(10-12-28)14-27-18-5-7-19(8-6-18)29-15-17(13-25)20(26)21(29)22(30)32-4/h5-8,15-16,27H,9-12,14,26H2,1-4H3. The van der Waals surface area contributed by atoms with E-state index in [0.717, 1.165) is 25.1 Å². The van der Waals surface area contributed by atoms with E-state index in [1.54, 1.807) is 9.47 Å². The summed E-state index contributed by atoms with van der Waals surface area (Å²) in [5.41, 5.74) is 7.56. The smallest absolute Gasteiger partial charge is 0.410 e. The number of ether oxygens (including phenoxy) is 2. The number of aromatic nitrogens is 1. The molecule has 0 saturated carbocycles. The van der Waals surface area contributed by atoms with Crippen LogP contribution in [0.25, 0.3) is 5.69 Å². The largest absolute Gasteiger partial charge is 0.464 e. The van der Waals surface area contributed by atoms with E-state index in [1.165, 1.54) is 13.3 Å². The van der Waals surface area contributed by atoms with Crippen LogP contribution in [0.3, 0.4) is 0 Å². The van der Waals surface area contributed by atoms with Crippen LogP contribution in [0.1, 0.15) is 49.7 Å². The number of nitrogens with two attached hydrogens (primary N) is 1. The lowest BCUT2D eigenvalue weighted by molar-refractivity contribution is 0.0188. The molecule has 0 spiro atoms. The highest BCUT2D eigenvalue weighted by Crippen LogP contribution is 2.26. The Balaban J connectivity index is 1.58. The van der Waals surface area contributed by atoms with Crippen LogP contribution in [-0.2, 0) is 9.47 Å². The third-order valence-electron chi connectivity index (χ3n) is 5.55. The molecule has 1 fully saturated rings. The van der Waals surface area contributed by atoms with Crippen molar-refractivity contribution in [2.24, 2.45) is 5.92 Å². The number of hydrogen-bond donors (Lipinski definition) is 2. The Morgan fingerprint density at radius 3 is 2.39 bits per heavy atom. The van der Waals surface area contributed by atoms with Crippen LogP contribution < -0.4 is 11.1 Å². The molecule has 1 aromatic carbocycles. The molecule has 0 atom stereocenters. The Bertz CT molecular complexity index is 1040. The fourth-order valence-corrected chi connectivity index (χ4v) is 3.77. The van der Waals surface area contributed by atoms with Crippen molar-refractivity contribution in [2.75, 3.05) is 37.8 Å². The first-order valence-corrected chi connectivity index (χ1v) is 10.9. The van der Waals surface area contributed by atoms with Crippen LogP contribution in [0, 0.1) is 17.2 Å². The van der Waals surface area contributed by atoms with Crippen LogP contribution in [0.4, 0.5) is 16.2 Å². The molecule has 9 heteroatoms. The number of hydrogen-bond acceptors (Lipinski definition) is 7. The first-order chi connectivity index (χ1) is 15.6. The number of nitrogen functional groups attached to an aromatic ring is 1. The van der Waals surface area contributed by atoms with E-state index in [0.29, 0.717) is 24.7 Å². The zero-order valence-corrected chi connectivity index (χ0v) is 19.6. The minimum Gasteiger partial charge on any atom is -0.464 e. The minimum absolute atomic E-state index is 0.101. The zero-order valence-electron chi connectivity index (χ0n) is 19.6. The summed E-state index contributed by atoms with van der Waals surface area (Å²) < 4.78 is 11.8. The number of esters is 1. The monoisotopic (exact) mass is 453 g/mol. The lowest BCUT2D eigenvalue weighted by Crippen LogP contribution is -2.42. The number of nitrogens with zero attached hydrogens (tertiary/aromatic N) is 3. The Labute approximate surface area is 194 Å². The predicted octanol–water partition coefficient (Wildman–Crippen LogP) is 3.78. The molecule has 0 unspecified atom stereocenters. The van der Waals surface area contributed by atoms with E-state index in [1.807, 2.05) is 51.1 Å². The average Bonchev–Trinajstić information content (AvgIpc) is 3.13. The number of nitrogens with one attached hydrogen (secondary N) is 1. The molecule has 1 aliphatic rings. The molecular formula is C24H31N5O4. The Hall–Kier alpha value is -3.67. The average molecular weight is 454 g/mol. The second-order valence-electron chi connectivity index (χ2n) is 9.12. The Morgan fingerprint density at radius 1 is 1.21 bits per heavy atom. The molecule has 3 rings (SSSR count). The van der Waals surface area contributed by atoms with Crippen molar-refractivity contribution in [3.8, 4) is 11.8 Å². The van der Waals surface area contributed by atoms with Gasteiger partial charge in [-0.2, -0.15) is 5.26 Å². The van der Waals surface area contributed by atoms with Crippen LogP contribution >= 0.6 is 0 Å². The summed E-state index contributed by atoms with van der Waals surface area (Å²) in [4.78, 5) is 26.1. The SMILES string of the molecule is COC(=O)c1c(N)c(C#N)cn1-c1ccc(NCC2CCN(C(=O)OC(C)(C)C)CC2)cc1. The topological polar surface area (TPSA) is 123 Å². The van der Waals surface area contributed by atoms with Gasteiger partial charge in [0.15, 0.2) is 5.69 Å². The molecule has 0 radical (unpaired) electrons. The highest BCUT2D eigenvalue weighted by atomic mass is 16.6. The molecule has 0 aliphatic carbocycles. The fraction of sp³-hybridized carbons (Fsp3) is 0.458. The molecule has 2 heterocycles. The maximum atomic E-state index is 12.2. The Kier molecular flexibility index (Phi) is 7.16. The number of nitriles is 1. The number of likely N-dealkylation sites (tertiary alicyclic amines) is 1. The Morgan fingerprint density at radius 2 is 1.85 bits per heavy atom. The molecule has 176 valence electrons. The first kappa shape index (κ1) is 24.0. The third-order valence-corrected chi connectivity index (χ3v) is 5.55. The molecule has 2 aromatic rings. The van der Waals surface area contributed by atoms with Gasteiger partial charge in [0, 0.05) is 37.2 Å². The maximum absolute atomic E-state index is 12.2. The van der Waals surface area contributed by atoms with Crippen molar-refractivity contribution in [1.29, 1.82) is 5.26 Å². The maximum Gasteiger partial charge on any atom is 0.410 e. The third kappa shape index (κ3) is 5.77. The lowest BCUT2D eigenvalue weighted by Gasteiger charge is -2.33. The number of rotatable bonds is 5. The van der Waals surface area contributed by atoms with Gasteiger partial charge >= 0.3 is 12.1 Å². The quantitative estimate of drug-likeness (QED) is 0.661. The molecule has 33 heavy (non-hydrogen) atoms. The second kappa shape index (κ2) is 9.86. The van der Waals surface area contributed by atoms with E-state index < -0.39 is 11.6 Å². The number of amides is 1. The fourth-order valence-electron chi connectivity index (χ4n) is 3.77. The summed E-state index contributed by atoms with van der Waals surface area (Å²) in [6, 6.07) is 9.51. The van der Waals surface area contributed by atoms with Gasteiger partial charge in [0.25, 0.3) is 0 Å². The van der Waals surface area contributed by atoms with Gasteiger partial charge in [-0.3, -0.25) is 0 Å². The van der Waals surface area contributed by atoms with Crippen molar-refractivity contribution >= 4 is 23.4 Å². The molecule has 1 amide bonds. The number of benzene rings is 1.